The molecule has 3 unspecified atom stereocenters. The van der Waals surface area contributed by atoms with Gasteiger partial charge in [0.05, 0.1) is 6.17 Å². The Kier molecular flexibility index (Phi) is 2.50. The first-order valence-electron chi connectivity index (χ1n) is 4.70. The molecule has 0 spiro atoms. The molecule has 1 aromatic rings. The topological polar surface area (TPSA) is 50.1 Å². The van der Waals surface area contributed by atoms with Crippen LogP contribution in [-0.2, 0) is 0 Å². The molecule has 0 bridgehead atoms. The first-order chi connectivity index (χ1) is 6.68. The van der Waals surface area contributed by atoms with Gasteiger partial charge < -0.3 is 5.73 Å². The average Bonchev–Trinajstić information content (AvgIpc) is 2.49. The molecule has 1 aliphatic heterocycles. The van der Waals surface area contributed by atoms with Crippen LogP contribution in [-0.4, -0.2) is 12.2 Å². The largest absolute Gasteiger partial charge is 0.314 e. The highest BCUT2D eigenvalue weighted by atomic mass is 19.1. The van der Waals surface area contributed by atoms with E-state index in [0.29, 0.717) is 0 Å². The zero-order chi connectivity index (χ0) is 10.1. The molecule has 2 rings (SSSR count). The zero-order valence-electron chi connectivity index (χ0n) is 8.00. The monoisotopic (exact) mass is 195 g/mol. The molecule has 0 amide bonds. The van der Waals surface area contributed by atoms with Crippen LogP contribution in [0.4, 0.5) is 4.39 Å². The number of halogens is 1. The standard InChI is InChI=1S/C10H14FN3/c1-6-9(10(12)14-13-6)7-2-4-8(11)5-3-7/h2-6,9-10,13-14H,12H2,1H3. The van der Waals surface area contributed by atoms with Crippen LogP contribution in [0.1, 0.15) is 18.4 Å². The minimum absolute atomic E-state index is 0.115. The Morgan fingerprint density at radius 3 is 2.36 bits per heavy atom. The van der Waals surface area contributed by atoms with Gasteiger partial charge in [-0.25, -0.2) is 9.82 Å². The summed E-state index contributed by atoms with van der Waals surface area (Å²) < 4.78 is 12.7. The van der Waals surface area contributed by atoms with Crippen LogP contribution in [0.3, 0.4) is 0 Å². The molecular weight excluding hydrogens is 181 g/mol. The SMILES string of the molecule is CC1NNC(N)C1c1ccc(F)cc1. The number of rotatable bonds is 1. The van der Waals surface area contributed by atoms with E-state index in [1.54, 1.807) is 12.1 Å². The highest BCUT2D eigenvalue weighted by molar-refractivity contribution is 5.24. The van der Waals surface area contributed by atoms with E-state index in [-0.39, 0.29) is 23.9 Å². The lowest BCUT2D eigenvalue weighted by Crippen LogP contribution is -2.38. The van der Waals surface area contributed by atoms with E-state index < -0.39 is 0 Å². The molecule has 1 aliphatic rings. The second kappa shape index (κ2) is 3.65. The summed E-state index contributed by atoms with van der Waals surface area (Å²) >= 11 is 0. The molecule has 0 aromatic heterocycles. The maximum absolute atomic E-state index is 12.7. The molecule has 1 heterocycles. The van der Waals surface area contributed by atoms with E-state index in [9.17, 15) is 4.39 Å². The molecule has 1 saturated heterocycles. The Hall–Kier alpha value is -0.970. The van der Waals surface area contributed by atoms with Crippen molar-refractivity contribution in [1.29, 1.82) is 0 Å². The molecule has 4 N–H and O–H groups in total. The van der Waals surface area contributed by atoms with Crippen molar-refractivity contribution in [3.63, 3.8) is 0 Å². The van der Waals surface area contributed by atoms with Gasteiger partial charge in [-0.05, 0) is 24.6 Å². The van der Waals surface area contributed by atoms with Gasteiger partial charge in [-0.15, -0.1) is 0 Å². The van der Waals surface area contributed by atoms with Crippen LogP contribution in [0.5, 0.6) is 0 Å². The van der Waals surface area contributed by atoms with Gasteiger partial charge in [0.25, 0.3) is 0 Å². The molecular formula is C10H14FN3. The van der Waals surface area contributed by atoms with Crippen molar-refractivity contribution >= 4 is 0 Å². The molecule has 4 heteroatoms. The first-order valence-corrected chi connectivity index (χ1v) is 4.70. The van der Waals surface area contributed by atoms with Gasteiger partial charge in [-0.3, -0.25) is 5.43 Å². The Bertz CT molecular complexity index is 302. The fourth-order valence-electron chi connectivity index (χ4n) is 1.90. The number of hydrogen-bond acceptors (Lipinski definition) is 3. The lowest BCUT2D eigenvalue weighted by atomic mass is 9.92. The van der Waals surface area contributed by atoms with Gasteiger partial charge in [-0.2, -0.15) is 0 Å². The second-order valence-electron chi connectivity index (χ2n) is 3.68. The van der Waals surface area contributed by atoms with Crippen LogP contribution in [0.25, 0.3) is 0 Å². The van der Waals surface area contributed by atoms with E-state index in [1.165, 1.54) is 12.1 Å². The third kappa shape index (κ3) is 1.64. The third-order valence-corrected chi connectivity index (χ3v) is 2.66. The third-order valence-electron chi connectivity index (χ3n) is 2.66. The van der Waals surface area contributed by atoms with Crippen molar-refractivity contribution in [2.45, 2.75) is 25.0 Å². The van der Waals surface area contributed by atoms with Gasteiger partial charge >= 0.3 is 0 Å². The molecule has 3 nitrogen and oxygen atoms in total. The van der Waals surface area contributed by atoms with E-state index in [2.05, 4.69) is 10.9 Å². The van der Waals surface area contributed by atoms with E-state index >= 15 is 0 Å². The van der Waals surface area contributed by atoms with E-state index in [1.807, 2.05) is 6.92 Å². The summed E-state index contributed by atoms with van der Waals surface area (Å²) in [5, 5.41) is 0. The van der Waals surface area contributed by atoms with Gasteiger partial charge in [0, 0.05) is 12.0 Å². The summed E-state index contributed by atoms with van der Waals surface area (Å²) in [7, 11) is 0. The van der Waals surface area contributed by atoms with Crippen LogP contribution >= 0.6 is 0 Å². The van der Waals surface area contributed by atoms with Crippen LogP contribution in [0.2, 0.25) is 0 Å². The Morgan fingerprint density at radius 1 is 1.21 bits per heavy atom. The predicted molar refractivity (Wildman–Crippen MR) is 52.8 cm³/mol. The molecule has 1 fully saturated rings. The second-order valence-corrected chi connectivity index (χ2v) is 3.68. The number of nitrogens with two attached hydrogens (primary N) is 1. The first kappa shape index (κ1) is 9.58. The number of benzene rings is 1. The van der Waals surface area contributed by atoms with Crippen molar-refractivity contribution in [1.82, 2.24) is 10.9 Å². The predicted octanol–water partition coefficient (Wildman–Crippen LogP) is 0.690. The molecule has 0 radical (unpaired) electrons. The summed E-state index contributed by atoms with van der Waals surface area (Å²) in [6, 6.07) is 6.76. The smallest absolute Gasteiger partial charge is 0.123 e. The maximum atomic E-state index is 12.7. The minimum Gasteiger partial charge on any atom is -0.314 e. The molecule has 1 aromatic carbocycles. The van der Waals surface area contributed by atoms with Gasteiger partial charge in [0.2, 0.25) is 0 Å². The number of hydrogen-bond donors (Lipinski definition) is 3. The summed E-state index contributed by atoms with van der Waals surface area (Å²) in [5.74, 6) is -0.0236. The molecule has 76 valence electrons. The van der Waals surface area contributed by atoms with Crippen molar-refractivity contribution in [2.24, 2.45) is 5.73 Å². The minimum atomic E-state index is -0.214. The lowest BCUT2D eigenvalue weighted by Gasteiger charge is -2.17. The molecule has 3 atom stereocenters. The Morgan fingerprint density at radius 2 is 1.86 bits per heavy atom. The van der Waals surface area contributed by atoms with Gasteiger partial charge in [0.1, 0.15) is 5.82 Å². The highest BCUT2D eigenvalue weighted by Gasteiger charge is 2.31. The summed E-state index contributed by atoms with van der Waals surface area (Å²) in [6.07, 6.45) is -0.115. The quantitative estimate of drug-likeness (QED) is 0.618. The molecule has 0 aliphatic carbocycles. The number of hydrazine groups is 1. The summed E-state index contributed by atoms with van der Waals surface area (Å²) in [4.78, 5) is 0. The molecule has 14 heavy (non-hydrogen) atoms. The van der Waals surface area contributed by atoms with Gasteiger partial charge in [-0.1, -0.05) is 12.1 Å². The van der Waals surface area contributed by atoms with Crippen LogP contribution in [0, 0.1) is 5.82 Å². The van der Waals surface area contributed by atoms with Crippen LogP contribution < -0.4 is 16.6 Å². The Labute approximate surface area is 82.5 Å². The van der Waals surface area contributed by atoms with Crippen molar-refractivity contribution < 1.29 is 4.39 Å². The van der Waals surface area contributed by atoms with Gasteiger partial charge in [0.15, 0.2) is 0 Å². The fourth-order valence-corrected chi connectivity index (χ4v) is 1.90. The average molecular weight is 195 g/mol. The summed E-state index contributed by atoms with van der Waals surface area (Å²) in [5.41, 5.74) is 13.0. The van der Waals surface area contributed by atoms with Crippen molar-refractivity contribution in [2.75, 3.05) is 0 Å². The van der Waals surface area contributed by atoms with E-state index in [0.717, 1.165) is 5.56 Å². The van der Waals surface area contributed by atoms with Crippen LogP contribution in [0.15, 0.2) is 24.3 Å². The highest BCUT2D eigenvalue weighted by Crippen LogP contribution is 2.24. The zero-order valence-corrected chi connectivity index (χ0v) is 8.00. The fraction of sp³-hybridized carbons (Fsp3) is 0.400. The van der Waals surface area contributed by atoms with Crippen molar-refractivity contribution in [3.05, 3.63) is 35.6 Å². The maximum Gasteiger partial charge on any atom is 0.123 e. The van der Waals surface area contributed by atoms with E-state index in [4.69, 9.17) is 5.73 Å². The number of nitrogens with one attached hydrogen (secondary N) is 2. The molecule has 0 saturated carbocycles. The summed E-state index contributed by atoms with van der Waals surface area (Å²) in [6.45, 7) is 2.05. The Balaban J connectivity index is 2.25. The van der Waals surface area contributed by atoms with Crippen molar-refractivity contribution in [3.8, 4) is 0 Å². The normalized spacial score (nSPS) is 32.1. The lowest BCUT2D eigenvalue weighted by molar-refractivity contribution is 0.545.